The van der Waals surface area contributed by atoms with Crippen molar-refractivity contribution in [2.24, 2.45) is 0 Å². The van der Waals surface area contributed by atoms with Crippen LogP contribution in [0.15, 0.2) is 12.1 Å². The number of benzene rings is 1. The standard InChI is InChI=1S/C9H9FO/c1-2-3-6-4-5-7(10)9-8(6)11-9/h4-5H,2-3H2,1H3. The minimum atomic E-state index is -0.236. The SMILES string of the molecule is CCCc1ccc(F)c2c1O2. The first-order chi connectivity index (χ1) is 5.33. The van der Waals surface area contributed by atoms with Crippen LogP contribution in [0.1, 0.15) is 18.9 Å². The Bertz CT molecular complexity index is 294. The monoisotopic (exact) mass is 152 g/mol. The van der Waals surface area contributed by atoms with E-state index in [1.54, 1.807) is 6.07 Å². The van der Waals surface area contributed by atoms with Crippen molar-refractivity contribution in [3.8, 4) is 11.5 Å². The lowest BCUT2D eigenvalue weighted by Crippen LogP contribution is -1.78. The van der Waals surface area contributed by atoms with Crippen molar-refractivity contribution in [1.82, 2.24) is 0 Å². The zero-order chi connectivity index (χ0) is 7.84. The smallest absolute Gasteiger partial charge is 0.206 e. The molecule has 0 aliphatic carbocycles. The van der Waals surface area contributed by atoms with Crippen LogP contribution in [0.3, 0.4) is 0 Å². The molecule has 1 aromatic carbocycles. The molecule has 0 spiro atoms. The van der Waals surface area contributed by atoms with Crippen LogP contribution >= 0.6 is 0 Å². The molecule has 0 saturated heterocycles. The van der Waals surface area contributed by atoms with Crippen LogP contribution in [0, 0.1) is 5.82 Å². The molecule has 0 amide bonds. The summed E-state index contributed by atoms with van der Waals surface area (Å²) in [6.07, 6.45) is 2.05. The van der Waals surface area contributed by atoms with Crippen LogP contribution in [0.5, 0.6) is 11.5 Å². The largest absolute Gasteiger partial charge is 0.446 e. The van der Waals surface area contributed by atoms with E-state index in [4.69, 9.17) is 4.74 Å². The predicted molar refractivity (Wildman–Crippen MR) is 40.5 cm³/mol. The van der Waals surface area contributed by atoms with Crippen LogP contribution in [0.4, 0.5) is 4.39 Å². The molecular formula is C9H9FO. The zero-order valence-electron chi connectivity index (χ0n) is 6.36. The van der Waals surface area contributed by atoms with Crippen molar-refractivity contribution in [2.45, 2.75) is 19.8 Å². The predicted octanol–water partition coefficient (Wildman–Crippen LogP) is 2.88. The summed E-state index contributed by atoms with van der Waals surface area (Å²) < 4.78 is 17.6. The molecule has 11 heavy (non-hydrogen) atoms. The summed E-state index contributed by atoms with van der Waals surface area (Å²) in [5, 5.41) is 0. The highest BCUT2D eigenvalue weighted by molar-refractivity contribution is 5.60. The highest BCUT2D eigenvalue weighted by atomic mass is 19.1. The molecule has 2 heteroatoms. The number of ether oxygens (including phenoxy) is 1. The molecule has 0 bridgehead atoms. The molecule has 2 rings (SSSR count). The minimum absolute atomic E-state index is 0.236. The Morgan fingerprint density at radius 1 is 1.36 bits per heavy atom. The summed E-state index contributed by atoms with van der Waals surface area (Å²) in [5.74, 6) is 0.989. The first kappa shape index (κ1) is 6.65. The van der Waals surface area contributed by atoms with E-state index >= 15 is 0 Å². The van der Waals surface area contributed by atoms with Gasteiger partial charge < -0.3 is 4.74 Å². The number of fused-ring (bicyclic) bond motifs is 1. The van der Waals surface area contributed by atoms with Gasteiger partial charge in [-0.15, -0.1) is 0 Å². The van der Waals surface area contributed by atoms with Crippen molar-refractivity contribution in [2.75, 3.05) is 0 Å². The van der Waals surface area contributed by atoms with Gasteiger partial charge in [0.25, 0.3) is 0 Å². The van der Waals surface area contributed by atoms with Crippen LogP contribution in [0.25, 0.3) is 0 Å². The van der Waals surface area contributed by atoms with Gasteiger partial charge in [-0.2, -0.15) is 0 Å². The summed E-state index contributed by atoms with van der Waals surface area (Å²) in [7, 11) is 0. The third-order valence-electron chi connectivity index (χ3n) is 1.83. The second-order valence-corrected chi connectivity index (χ2v) is 2.72. The minimum Gasteiger partial charge on any atom is -0.446 e. The number of halogens is 1. The fourth-order valence-electron chi connectivity index (χ4n) is 1.24. The van der Waals surface area contributed by atoms with Crippen LogP contribution in [-0.2, 0) is 6.42 Å². The van der Waals surface area contributed by atoms with E-state index in [-0.39, 0.29) is 5.82 Å². The van der Waals surface area contributed by atoms with Crippen molar-refractivity contribution in [1.29, 1.82) is 0 Å². The number of aryl methyl sites for hydroxylation is 1. The molecule has 1 nitrogen and oxygen atoms in total. The maximum Gasteiger partial charge on any atom is 0.206 e. The molecule has 1 heterocycles. The molecule has 0 aromatic heterocycles. The third kappa shape index (κ3) is 0.985. The summed E-state index contributed by atoms with van der Waals surface area (Å²) in [4.78, 5) is 0. The summed E-state index contributed by atoms with van der Waals surface area (Å²) >= 11 is 0. The average molecular weight is 152 g/mol. The van der Waals surface area contributed by atoms with E-state index < -0.39 is 0 Å². The summed E-state index contributed by atoms with van der Waals surface area (Å²) in [5.41, 5.74) is 1.13. The molecule has 0 N–H and O–H groups in total. The Balaban J connectivity index is 2.33. The Kier molecular flexibility index (Phi) is 1.34. The molecular weight excluding hydrogens is 143 g/mol. The highest BCUT2D eigenvalue weighted by Crippen LogP contribution is 2.50. The Labute approximate surface area is 64.8 Å². The molecule has 0 atom stereocenters. The second kappa shape index (κ2) is 2.22. The molecule has 1 aliphatic rings. The van der Waals surface area contributed by atoms with Crippen molar-refractivity contribution >= 4 is 0 Å². The maximum absolute atomic E-state index is 12.7. The fourth-order valence-corrected chi connectivity index (χ4v) is 1.24. The highest BCUT2D eigenvalue weighted by Gasteiger charge is 2.28. The van der Waals surface area contributed by atoms with Gasteiger partial charge in [0.15, 0.2) is 11.6 Å². The molecule has 0 fully saturated rings. The molecule has 0 saturated carbocycles. The normalized spacial score (nSPS) is 12.2. The maximum atomic E-state index is 12.7. The van der Waals surface area contributed by atoms with Crippen molar-refractivity contribution in [3.63, 3.8) is 0 Å². The number of hydrogen-bond donors (Lipinski definition) is 0. The van der Waals surface area contributed by atoms with Gasteiger partial charge in [-0.1, -0.05) is 19.4 Å². The lowest BCUT2D eigenvalue weighted by Gasteiger charge is -1.91. The van der Waals surface area contributed by atoms with Gasteiger partial charge >= 0.3 is 0 Å². The molecule has 0 radical (unpaired) electrons. The number of hydrogen-bond acceptors (Lipinski definition) is 1. The Hall–Kier alpha value is -1.05. The fraction of sp³-hybridized carbons (Fsp3) is 0.333. The Morgan fingerprint density at radius 3 is 2.91 bits per heavy atom. The van der Waals surface area contributed by atoms with Gasteiger partial charge in [-0.05, 0) is 18.1 Å². The zero-order valence-corrected chi connectivity index (χ0v) is 6.36. The number of rotatable bonds is 2. The van der Waals surface area contributed by atoms with Crippen molar-refractivity contribution in [3.05, 3.63) is 23.5 Å². The molecule has 1 aliphatic heterocycles. The van der Waals surface area contributed by atoms with Crippen molar-refractivity contribution < 1.29 is 9.13 Å². The molecule has 58 valence electrons. The van der Waals surface area contributed by atoms with Gasteiger partial charge in [0, 0.05) is 0 Å². The topological polar surface area (TPSA) is 12.5 Å². The van der Waals surface area contributed by atoms with Gasteiger partial charge in [0.05, 0.1) is 0 Å². The van der Waals surface area contributed by atoms with Gasteiger partial charge in [0.2, 0.25) is 5.75 Å². The Morgan fingerprint density at radius 2 is 2.18 bits per heavy atom. The van der Waals surface area contributed by atoms with Gasteiger partial charge in [0.1, 0.15) is 0 Å². The van der Waals surface area contributed by atoms with E-state index in [1.165, 1.54) is 6.07 Å². The summed E-state index contributed by atoms with van der Waals surface area (Å²) in [6, 6.07) is 3.27. The van der Waals surface area contributed by atoms with Crippen LogP contribution < -0.4 is 4.74 Å². The van der Waals surface area contributed by atoms with E-state index in [1.807, 2.05) is 0 Å². The molecule has 1 aromatic rings. The average Bonchev–Trinajstić information content (AvgIpc) is 2.75. The van der Waals surface area contributed by atoms with E-state index in [0.717, 1.165) is 24.2 Å². The lowest BCUT2D eigenvalue weighted by molar-refractivity contribution is 0.570. The first-order valence-corrected chi connectivity index (χ1v) is 3.82. The molecule has 0 unspecified atom stereocenters. The third-order valence-corrected chi connectivity index (χ3v) is 1.83. The van der Waals surface area contributed by atoms with E-state index in [9.17, 15) is 4.39 Å². The van der Waals surface area contributed by atoms with E-state index in [0.29, 0.717) is 5.75 Å². The quantitative estimate of drug-likeness (QED) is 0.603. The van der Waals surface area contributed by atoms with Gasteiger partial charge in [-0.3, -0.25) is 0 Å². The van der Waals surface area contributed by atoms with Crippen LogP contribution in [0.2, 0.25) is 0 Å². The van der Waals surface area contributed by atoms with Gasteiger partial charge in [-0.25, -0.2) is 4.39 Å². The van der Waals surface area contributed by atoms with E-state index in [2.05, 4.69) is 6.92 Å². The van der Waals surface area contributed by atoms with Crippen LogP contribution in [-0.4, -0.2) is 0 Å². The second-order valence-electron chi connectivity index (χ2n) is 2.72. The summed E-state index contributed by atoms with van der Waals surface area (Å²) in [6.45, 7) is 2.10. The first-order valence-electron chi connectivity index (χ1n) is 3.82. The lowest BCUT2D eigenvalue weighted by atomic mass is 10.1.